The molecule has 0 unspecified atom stereocenters. The lowest BCUT2D eigenvalue weighted by Crippen LogP contribution is -2.07. The number of unbranched alkanes of at least 4 members (excludes halogenated alkanes) is 1. The van der Waals surface area contributed by atoms with Gasteiger partial charge in [-0.1, -0.05) is 13.3 Å². The zero-order valence-electron chi connectivity index (χ0n) is 15.4. The van der Waals surface area contributed by atoms with Gasteiger partial charge in [0.25, 0.3) is 0 Å². The number of furan rings is 1. The molecule has 5 rings (SSSR count). The van der Waals surface area contributed by atoms with Gasteiger partial charge in [0.2, 0.25) is 0 Å². The van der Waals surface area contributed by atoms with Crippen LogP contribution in [0.1, 0.15) is 43.7 Å². The molecule has 0 bridgehead atoms. The molecule has 0 aromatic carbocycles. The number of fused-ring (bicyclic) bond motifs is 5. The number of anilines is 1. The van der Waals surface area contributed by atoms with Crippen LogP contribution < -0.4 is 5.32 Å². The molecule has 0 fully saturated rings. The lowest BCUT2D eigenvalue weighted by molar-refractivity contribution is 0.577. The van der Waals surface area contributed by atoms with E-state index in [1.165, 1.54) is 29.4 Å². The Kier molecular flexibility index (Phi) is 4.28. The average molecular weight is 379 g/mol. The molecule has 1 N–H and O–H groups in total. The molecular formula is C21H22N4OS. The first-order chi connectivity index (χ1) is 13.4. The van der Waals surface area contributed by atoms with Crippen molar-refractivity contribution in [2.45, 2.75) is 45.4 Å². The molecule has 4 heterocycles. The van der Waals surface area contributed by atoms with Gasteiger partial charge in [-0.2, -0.15) is 0 Å². The van der Waals surface area contributed by atoms with Crippen LogP contribution >= 0.6 is 11.3 Å². The molecule has 138 valence electrons. The third kappa shape index (κ3) is 2.79. The highest BCUT2D eigenvalue weighted by atomic mass is 32.1. The molecule has 0 radical (unpaired) electrons. The van der Waals surface area contributed by atoms with E-state index in [0.717, 1.165) is 64.5 Å². The quantitative estimate of drug-likeness (QED) is 0.459. The normalized spacial score (nSPS) is 14.0. The molecule has 0 aliphatic heterocycles. The molecule has 4 aromatic heterocycles. The zero-order chi connectivity index (χ0) is 18.2. The van der Waals surface area contributed by atoms with E-state index >= 15 is 0 Å². The number of aryl methyl sites for hydroxylation is 1. The largest absolute Gasteiger partial charge is 0.463 e. The fourth-order valence-corrected chi connectivity index (χ4v) is 5.11. The maximum absolute atomic E-state index is 5.70. The van der Waals surface area contributed by atoms with Crippen LogP contribution in [0.3, 0.4) is 0 Å². The number of hydrogen-bond acceptors (Lipinski definition) is 6. The molecule has 1 aliphatic carbocycles. The average Bonchev–Trinajstić information content (AvgIpc) is 3.35. The van der Waals surface area contributed by atoms with Gasteiger partial charge >= 0.3 is 0 Å². The van der Waals surface area contributed by atoms with Crippen molar-refractivity contribution in [2.24, 2.45) is 0 Å². The Balaban J connectivity index is 1.75. The standard InChI is InChI=1S/C21H22N4OS/c1-2-3-10-22-20-19-18(23-12-24-20)16-13-7-4-5-8-14(13)17(25-21(16)27-19)15-9-6-11-26-15/h6,9,11-12H,2-5,7-8,10H2,1H3,(H,22,23,24). The van der Waals surface area contributed by atoms with Crippen LogP contribution in [0.25, 0.3) is 31.9 Å². The van der Waals surface area contributed by atoms with Crippen LogP contribution in [-0.2, 0) is 12.8 Å². The lowest BCUT2D eigenvalue weighted by Gasteiger charge is -2.19. The highest BCUT2D eigenvalue weighted by Crippen LogP contribution is 2.42. The van der Waals surface area contributed by atoms with Gasteiger partial charge in [0.1, 0.15) is 22.7 Å². The van der Waals surface area contributed by atoms with E-state index in [1.807, 2.05) is 12.1 Å². The molecule has 27 heavy (non-hydrogen) atoms. The highest BCUT2D eigenvalue weighted by Gasteiger charge is 2.24. The second-order valence-corrected chi connectivity index (χ2v) is 8.06. The van der Waals surface area contributed by atoms with E-state index in [0.29, 0.717) is 0 Å². The lowest BCUT2D eigenvalue weighted by atomic mass is 9.88. The van der Waals surface area contributed by atoms with Gasteiger partial charge in [-0.05, 0) is 55.4 Å². The Morgan fingerprint density at radius 1 is 1.19 bits per heavy atom. The molecule has 0 atom stereocenters. The summed E-state index contributed by atoms with van der Waals surface area (Å²) in [7, 11) is 0. The zero-order valence-corrected chi connectivity index (χ0v) is 16.2. The number of thiophene rings is 1. The summed E-state index contributed by atoms with van der Waals surface area (Å²) in [4.78, 5) is 15.2. The number of rotatable bonds is 5. The molecule has 0 spiro atoms. The van der Waals surface area contributed by atoms with Crippen molar-refractivity contribution < 1.29 is 4.42 Å². The van der Waals surface area contributed by atoms with Gasteiger partial charge in [0.05, 0.1) is 16.5 Å². The van der Waals surface area contributed by atoms with Gasteiger partial charge < -0.3 is 9.73 Å². The topological polar surface area (TPSA) is 63.8 Å². The minimum Gasteiger partial charge on any atom is -0.463 e. The maximum Gasteiger partial charge on any atom is 0.152 e. The van der Waals surface area contributed by atoms with Crippen molar-refractivity contribution in [1.82, 2.24) is 15.0 Å². The summed E-state index contributed by atoms with van der Waals surface area (Å²) >= 11 is 1.69. The number of pyridine rings is 1. The third-order valence-corrected chi connectivity index (χ3v) is 6.38. The third-order valence-electron chi connectivity index (χ3n) is 5.30. The first-order valence-electron chi connectivity index (χ1n) is 9.73. The van der Waals surface area contributed by atoms with E-state index in [2.05, 4.69) is 22.2 Å². The Morgan fingerprint density at radius 2 is 2.07 bits per heavy atom. The van der Waals surface area contributed by atoms with E-state index in [9.17, 15) is 0 Å². The fraction of sp³-hybridized carbons (Fsp3) is 0.381. The first-order valence-corrected chi connectivity index (χ1v) is 10.5. The Morgan fingerprint density at radius 3 is 2.89 bits per heavy atom. The molecule has 5 nitrogen and oxygen atoms in total. The molecule has 0 amide bonds. The van der Waals surface area contributed by atoms with Gasteiger partial charge in [0, 0.05) is 11.9 Å². The van der Waals surface area contributed by atoms with Crippen molar-refractivity contribution in [2.75, 3.05) is 11.9 Å². The van der Waals surface area contributed by atoms with Gasteiger partial charge in [-0.15, -0.1) is 11.3 Å². The van der Waals surface area contributed by atoms with Crippen LogP contribution in [0.2, 0.25) is 0 Å². The van der Waals surface area contributed by atoms with E-state index < -0.39 is 0 Å². The summed E-state index contributed by atoms with van der Waals surface area (Å²) < 4.78 is 6.81. The number of hydrogen-bond donors (Lipinski definition) is 1. The minimum atomic E-state index is 0.861. The van der Waals surface area contributed by atoms with Crippen LogP contribution in [0.4, 0.5) is 5.82 Å². The predicted octanol–water partition coefficient (Wildman–Crippen LogP) is 5.59. The molecule has 6 heteroatoms. The van der Waals surface area contributed by atoms with Crippen molar-refractivity contribution in [3.63, 3.8) is 0 Å². The Labute approximate surface area is 161 Å². The summed E-state index contributed by atoms with van der Waals surface area (Å²) in [5, 5.41) is 4.71. The van der Waals surface area contributed by atoms with Crippen LogP contribution in [0.15, 0.2) is 29.1 Å². The number of nitrogens with one attached hydrogen (secondary N) is 1. The predicted molar refractivity (Wildman–Crippen MR) is 110 cm³/mol. The second-order valence-electron chi connectivity index (χ2n) is 7.06. The van der Waals surface area contributed by atoms with Gasteiger partial charge in [0.15, 0.2) is 5.76 Å². The smallest absolute Gasteiger partial charge is 0.152 e. The van der Waals surface area contributed by atoms with Crippen LogP contribution in [0, 0.1) is 0 Å². The van der Waals surface area contributed by atoms with Crippen molar-refractivity contribution in [3.8, 4) is 11.5 Å². The molecule has 4 aromatic rings. The number of aromatic nitrogens is 3. The van der Waals surface area contributed by atoms with E-state index in [1.54, 1.807) is 23.9 Å². The van der Waals surface area contributed by atoms with Crippen molar-refractivity contribution in [1.29, 1.82) is 0 Å². The van der Waals surface area contributed by atoms with Crippen molar-refractivity contribution >= 4 is 37.6 Å². The molecule has 1 aliphatic rings. The summed E-state index contributed by atoms with van der Waals surface area (Å²) in [5.41, 5.74) is 4.78. The summed E-state index contributed by atoms with van der Waals surface area (Å²) in [6.45, 7) is 3.13. The SMILES string of the molecule is CCCCNc1ncnc2c1sc1nc(-c3ccco3)c3c(c12)CCCC3. The molecule has 0 saturated heterocycles. The Bertz CT molecular complexity index is 1100. The maximum atomic E-state index is 5.70. The summed E-state index contributed by atoms with van der Waals surface area (Å²) in [5.74, 6) is 1.79. The van der Waals surface area contributed by atoms with E-state index in [-0.39, 0.29) is 0 Å². The minimum absolute atomic E-state index is 0.861. The summed E-state index contributed by atoms with van der Waals surface area (Å²) in [6.07, 6.45) is 10.3. The van der Waals surface area contributed by atoms with Gasteiger partial charge in [-0.3, -0.25) is 0 Å². The molecule has 0 saturated carbocycles. The monoisotopic (exact) mass is 378 g/mol. The summed E-state index contributed by atoms with van der Waals surface area (Å²) in [6, 6.07) is 3.94. The van der Waals surface area contributed by atoms with Crippen LogP contribution in [-0.4, -0.2) is 21.5 Å². The number of nitrogens with zero attached hydrogens (tertiary/aromatic N) is 3. The highest BCUT2D eigenvalue weighted by molar-refractivity contribution is 7.26. The second kappa shape index (κ2) is 6.93. The fourth-order valence-electron chi connectivity index (χ4n) is 3.99. The Hall–Kier alpha value is -2.47. The van der Waals surface area contributed by atoms with Gasteiger partial charge in [-0.25, -0.2) is 15.0 Å². The van der Waals surface area contributed by atoms with Crippen LogP contribution in [0.5, 0.6) is 0 Å². The van der Waals surface area contributed by atoms with Crippen molar-refractivity contribution in [3.05, 3.63) is 35.9 Å². The molecular weight excluding hydrogens is 356 g/mol. The van der Waals surface area contributed by atoms with E-state index in [4.69, 9.17) is 9.40 Å². The first kappa shape index (κ1) is 16.7.